The van der Waals surface area contributed by atoms with Crippen molar-refractivity contribution in [2.45, 2.75) is 13.1 Å². The van der Waals surface area contributed by atoms with E-state index in [9.17, 15) is 4.79 Å². The van der Waals surface area contributed by atoms with Crippen LogP contribution in [0.1, 0.15) is 27.7 Å². The standard InChI is InChI=1S/C21H17IN2O/c1-14-6-8-15(9-7-14)20-23-19-5-3-2-4-18(19)21(25)24(20)17-12-10-16(22)11-13-17/h2-13,20,23H,1H3. The lowest BCUT2D eigenvalue weighted by molar-refractivity contribution is 0.0975. The van der Waals surface area contributed by atoms with Crippen molar-refractivity contribution in [2.75, 3.05) is 10.2 Å². The number of nitrogens with one attached hydrogen (secondary N) is 1. The van der Waals surface area contributed by atoms with Gasteiger partial charge in [0.2, 0.25) is 0 Å². The second kappa shape index (κ2) is 6.52. The summed E-state index contributed by atoms with van der Waals surface area (Å²) in [6.07, 6.45) is -0.233. The van der Waals surface area contributed by atoms with E-state index in [4.69, 9.17) is 0 Å². The van der Waals surface area contributed by atoms with E-state index in [1.54, 1.807) is 0 Å². The van der Waals surface area contributed by atoms with Crippen molar-refractivity contribution >= 4 is 39.9 Å². The molecule has 0 saturated carbocycles. The summed E-state index contributed by atoms with van der Waals surface area (Å²) in [6.45, 7) is 2.06. The number of para-hydroxylation sites is 1. The maximum absolute atomic E-state index is 13.2. The van der Waals surface area contributed by atoms with Gasteiger partial charge in [-0.05, 0) is 71.5 Å². The Hall–Kier alpha value is -2.34. The SMILES string of the molecule is Cc1ccc(C2Nc3ccccc3C(=O)N2c2ccc(I)cc2)cc1. The van der Waals surface area contributed by atoms with Gasteiger partial charge in [-0.15, -0.1) is 0 Å². The van der Waals surface area contributed by atoms with Crippen LogP contribution in [0.4, 0.5) is 11.4 Å². The number of carbonyl (C=O) groups excluding carboxylic acids is 1. The van der Waals surface area contributed by atoms with Gasteiger partial charge in [-0.1, -0.05) is 42.0 Å². The van der Waals surface area contributed by atoms with Crippen molar-refractivity contribution in [2.24, 2.45) is 0 Å². The highest BCUT2D eigenvalue weighted by Gasteiger charge is 2.33. The third-order valence-electron chi connectivity index (χ3n) is 4.42. The molecule has 1 heterocycles. The summed E-state index contributed by atoms with van der Waals surface area (Å²) < 4.78 is 1.14. The zero-order valence-corrected chi connectivity index (χ0v) is 15.9. The van der Waals surface area contributed by atoms with Gasteiger partial charge in [0, 0.05) is 14.9 Å². The Kier molecular flexibility index (Phi) is 4.21. The third-order valence-corrected chi connectivity index (χ3v) is 5.14. The zero-order chi connectivity index (χ0) is 17.4. The van der Waals surface area contributed by atoms with Crippen LogP contribution in [0.3, 0.4) is 0 Å². The van der Waals surface area contributed by atoms with Crippen LogP contribution in [0.25, 0.3) is 0 Å². The van der Waals surface area contributed by atoms with Crippen LogP contribution in [-0.2, 0) is 0 Å². The summed E-state index contributed by atoms with van der Waals surface area (Å²) in [5.74, 6) is 0.0149. The number of hydrogen-bond donors (Lipinski definition) is 1. The van der Waals surface area contributed by atoms with Gasteiger partial charge in [-0.25, -0.2) is 0 Å². The first-order valence-electron chi connectivity index (χ1n) is 8.15. The van der Waals surface area contributed by atoms with Crippen molar-refractivity contribution in [1.82, 2.24) is 0 Å². The summed E-state index contributed by atoms with van der Waals surface area (Å²) in [7, 11) is 0. The molecule has 0 spiro atoms. The van der Waals surface area contributed by atoms with Gasteiger partial charge in [0.15, 0.2) is 0 Å². The molecular formula is C21H17IN2O. The van der Waals surface area contributed by atoms with E-state index < -0.39 is 0 Å². The normalized spacial score (nSPS) is 16.3. The molecule has 4 heteroatoms. The van der Waals surface area contributed by atoms with E-state index in [1.807, 2.05) is 53.4 Å². The number of hydrogen-bond acceptors (Lipinski definition) is 2. The van der Waals surface area contributed by atoms with Crippen molar-refractivity contribution < 1.29 is 4.79 Å². The minimum atomic E-state index is -0.233. The molecule has 124 valence electrons. The molecular weight excluding hydrogens is 423 g/mol. The molecule has 0 saturated heterocycles. The lowest BCUT2D eigenvalue weighted by Gasteiger charge is -2.38. The van der Waals surface area contributed by atoms with Crippen molar-refractivity contribution in [3.63, 3.8) is 0 Å². The van der Waals surface area contributed by atoms with Crippen LogP contribution in [0.15, 0.2) is 72.8 Å². The Bertz CT molecular complexity index is 919. The Morgan fingerprint density at radius 2 is 1.60 bits per heavy atom. The second-order valence-corrected chi connectivity index (χ2v) is 7.40. The molecule has 0 aliphatic carbocycles. The summed E-state index contributed by atoms with van der Waals surface area (Å²) in [5.41, 5.74) is 4.72. The van der Waals surface area contributed by atoms with Crippen LogP contribution in [-0.4, -0.2) is 5.91 Å². The fraction of sp³-hybridized carbons (Fsp3) is 0.0952. The molecule has 0 fully saturated rings. The van der Waals surface area contributed by atoms with Crippen LogP contribution in [0, 0.1) is 10.5 Å². The predicted molar refractivity (Wildman–Crippen MR) is 110 cm³/mol. The van der Waals surface area contributed by atoms with Gasteiger partial charge in [0.1, 0.15) is 6.17 Å². The molecule has 4 rings (SSSR count). The monoisotopic (exact) mass is 440 g/mol. The topological polar surface area (TPSA) is 32.3 Å². The molecule has 25 heavy (non-hydrogen) atoms. The highest BCUT2D eigenvalue weighted by molar-refractivity contribution is 14.1. The average molecular weight is 440 g/mol. The maximum atomic E-state index is 13.2. The molecule has 3 nitrogen and oxygen atoms in total. The molecule has 0 aromatic heterocycles. The quantitative estimate of drug-likeness (QED) is 0.544. The van der Waals surface area contributed by atoms with E-state index in [1.165, 1.54) is 5.56 Å². The summed E-state index contributed by atoms with van der Waals surface area (Å²) >= 11 is 2.27. The van der Waals surface area contributed by atoms with E-state index in [2.05, 4.69) is 59.1 Å². The highest BCUT2D eigenvalue weighted by Crippen LogP contribution is 2.36. The van der Waals surface area contributed by atoms with Gasteiger partial charge >= 0.3 is 0 Å². The van der Waals surface area contributed by atoms with Gasteiger partial charge < -0.3 is 5.32 Å². The summed E-state index contributed by atoms with van der Waals surface area (Å²) in [5, 5.41) is 3.53. The van der Waals surface area contributed by atoms with Crippen LogP contribution in [0.5, 0.6) is 0 Å². The van der Waals surface area contributed by atoms with Gasteiger partial charge in [0.25, 0.3) is 5.91 Å². The smallest absolute Gasteiger partial charge is 0.262 e. The number of rotatable bonds is 2. The van der Waals surface area contributed by atoms with Crippen LogP contribution in [0.2, 0.25) is 0 Å². The summed E-state index contributed by atoms with van der Waals surface area (Å²) in [4.78, 5) is 15.1. The third kappa shape index (κ3) is 3.02. The number of aryl methyl sites for hydroxylation is 1. The number of amides is 1. The number of carbonyl (C=O) groups is 1. The second-order valence-electron chi connectivity index (χ2n) is 6.15. The van der Waals surface area contributed by atoms with Crippen molar-refractivity contribution in [3.8, 4) is 0 Å². The lowest BCUT2D eigenvalue weighted by Crippen LogP contribution is -2.43. The van der Waals surface area contributed by atoms with Gasteiger partial charge in [-0.2, -0.15) is 0 Å². The molecule has 1 amide bonds. The average Bonchev–Trinajstić information content (AvgIpc) is 2.63. The minimum absolute atomic E-state index is 0.0149. The highest BCUT2D eigenvalue weighted by atomic mass is 127. The number of nitrogens with zero attached hydrogens (tertiary/aromatic N) is 1. The van der Waals surface area contributed by atoms with E-state index >= 15 is 0 Å². The molecule has 1 N–H and O–H groups in total. The molecule has 1 atom stereocenters. The molecule has 3 aromatic carbocycles. The number of anilines is 2. The molecule has 0 radical (unpaired) electrons. The fourth-order valence-electron chi connectivity index (χ4n) is 3.10. The Labute approximate surface area is 160 Å². The van der Waals surface area contributed by atoms with Gasteiger partial charge in [0.05, 0.1) is 5.56 Å². The van der Waals surface area contributed by atoms with E-state index in [-0.39, 0.29) is 12.1 Å². The van der Waals surface area contributed by atoms with Crippen molar-refractivity contribution in [3.05, 3.63) is 93.1 Å². The number of benzene rings is 3. The molecule has 1 aliphatic rings. The van der Waals surface area contributed by atoms with Crippen LogP contribution < -0.4 is 10.2 Å². The first kappa shape index (κ1) is 16.1. The van der Waals surface area contributed by atoms with Crippen LogP contribution >= 0.6 is 22.6 Å². The first-order chi connectivity index (χ1) is 12.1. The Morgan fingerprint density at radius 1 is 0.920 bits per heavy atom. The van der Waals surface area contributed by atoms with Gasteiger partial charge in [-0.3, -0.25) is 9.69 Å². The molecule has 3 aromatic rings. The van der Waals surface area contributed by atoms with E-state index in [0.717, 1.165) is 20.5 Å². The lowest BCUT2D eigenvalue weighted by atomic mass is 10.0. The molecule has 1 unspecified atom stereocenters. The molecule has 1 aliphatic heterocycles. The first-order valence-corrected chi connectivity index (χ1v) is 9.22. The Morgan fingerprint density at radius 3 is 2.32 bits per heavy atom. The number of halogens is 1. The fourth-order valence-corrected chi connectivity index (χ4v) is 3.46. The maximum Gasteiger partial charge on any atom is 0.262 e. The Balaban J connectivity index is 1.85. The predicted octanol–water partition coefficient (Wildman–Crippen LogP) is 5.37. The zero-order valence-electron chi connectivity index (χ0n) is 13.7. The largest absolute Gasteiger partial charge is 0.360 e. The van der Waals surface area contributed by atoms with Crippen molar-refractivity contribution in [1.29, 1.82) is 0 Å². The molecule has 0 bridgehead atoms. The van der Waals surface area contributed by atoms with E-state index in [0.29, 0.717) is 5.56 Å². The summed E-state index contributed by atoms with van der Waals surface area (Å²) in [6, 6.07) is 24.0. The number of fused-ring (bicyclic) bond motifs is 1. The minimum Gasteiger partial charge on any atom is -0.360 e.